The summed E-state index contributed by atoms with van der Waals surface area (Å²) in [4.78, 5) is 17.2. The number of anilines is 1. The maximum atomic E-state index is 13.0. The van der Waals surface area contributed by atoms with Crippen molar-refractivity contribution in [2.24, 2.45) is 0 Å². The normalized spacial score (nSPS) is 15.1. The van der Waals surface area contributed by atoms with Crippen LogP contribution >= 0.6 is 22.9 Å². The molecule has 32 heavy (non-hydrogen) atoms. The number of thiophene rings is 1. The van der Waals surface area contributed by atoms with Gasteiger partial charge >= 0.3 is 0 Å². The van der Waals surface area contributed by atoms with Crippen molar-refractivity contribution < 1.29 is 22.7 Å². The molecule has 0 aliphatic carbocycles. The molecule has 11 heteroatoms. The fourth-order valence-corrected chi connectivity index (χ4v) is 6.35. The first-order valence-electron chi connectivity index (χ1n) is 9.25. The van der Waals surface area contributed by atoms with Gasteiger partial charge in [-0.25, -0.2) is 13.4 Å². The Labute approximate surface area is 191 Å². The maximum absolute atomic E-state index is 13.0. The number of aliphatic hydroxyl groups excluding tert-OH is 1. The number of furan rings is 1. The third-order valence-electron chi connectivity index (χ3n) is 4.94. The number of sulfonamides is 1. The summed E-state index contributed by atoms with van der Waals surface area (Å²) >= 11 is 6.81. The number of nitrogens with one attached hydrogen (secondary N) is 1. The van der Waals surface area contributed by atoms with E-state index in [-0.39, 0.29) is 19.9 Å². The lowest BCUT2D eigenvalue weighted by molar-refractivity contribution is -0.113. The van der Waals surface area contributed by atoms with Crippen LogP contribution < -0.4 is 5.32 Å². The molecule has 0 saturated carbocycles. The lowest BCUT2D eigenvalue weighted by Gasteiger charge is -2.26. The van der Waals surface area contributed by atoms with Crippen LogP contribution in [0.5, 0.6) is 0 Å². The molecule has 0 spiro atoms. The summed E-state index contributed by atoms with van der Waals surface area (Å²) < 4.78 is 32.3. The van der Waals surface area contributed by atoms with E-state index in [0.29, 0.717) is 17.0 Å². The van der Waals surface area contributed by atoms with Crippen molar-refractivity contribution in [2.45, 2.75) is 4.90 Å². The number of rotatable bonds is 3. The van der Waals surface area contributed by atoms with Gasteiger partial charge in [-0.3, -0.25) is 9.10 Å². The molecule has 0 saturated heterocycles. The van der Waals surface area contributed by atoms with E-state index < -0.39 is 27.4 Å². The summed E-state index contributed by atoms with van der Waals surface area (Å²) in [5.74, 6) is -0.633. The molecule has 8 nitrogen and oxygen atoms in total. The van der Waals surface area contributed by atoms with Crippen molar-refractivity contribution in [1.29, 1.82) is 0 Å². The molecule has 4 heterocycles. The largest absolute Gasteiger partial charge is 0.504 e. The minimum atomic E-state index is -4.04. The lowest BCUT2D eigenvalue weighted by Crippen LogP contribution is -2.36. The average Bonchev–Trinajstić information content (AvgIpc) is 3.37. The molecular formula is C21H14ClN3O5S2. The SMILES string of the molecule is CN1C(C(=O)Nc2cccc(-c3cc4ccccc4o3)n2)=C(O)c2sc(Cl)cc2S1(=O)=O. The number of amides is 1. The Morgan fingerprint density at radius 1 is 1.19 bits per heavy atom. The highest BCUT2D eigenvalue weighted by atomic mass is 35.5. The maximum Gasteiger partial charge on any atom is 0.278 e. The minimum Gasteiger partial charge on any atom is -0.504 e. The summed E-state index contributed by atoms with van der Waals surface area (Å²) in [5, 5.41) is 14.1. The second kappa shape index (κ2) is 7.37. The second-order valence-electron chi connectivity index (χ2n) is 6.92. The number of benzene rings is 1. The fraction of sp³-hybridized carbons (Fsp3) is 0.0476. The molecule has 0 radical (unpaired) electrons. The molecular weight excluding hydrogens is 474 g/mol. The number of aliphatic hydroxyl groups is 1. The van der Waals surface area contributed by atoms with Gasteiger partial charge in [0.05, 0.1) is 9.21 Å². The summed E-state index contributed by atoms with van der Waals surface area (Å²) in [6.07, 6.45) is 0. The molecule has 0 fully saturated rings. The summed E-state index contributed by atoms with van der Waals surface area (Å²) in [7, 11) is -2.85. The second-order valence-corrected chi connectivity index (χ2v) is 10.5. The highest BCUT2D eigenvalue weighted by Gasteiger charge is 2.39. The zero-order chi connectivity index (χ0) is 22.6. The van der Waals surface area contributed by atoms with Gasteiger partial charge in [0.25, 0.3) is 15.9 Å². The third kappa shape index (κ3) is 3.24. The zero-order valence-corrected chi connectivity index (χ0v) is 18.8. The van der Waals surface area contributed by atoms with Gasteiger partial charge in [0.2, 0.25) is 0 Å². The summed E-state index contributed by atoms with van der Waals surface area (Å²) in [6, 6.07) is 15.5. The van der Waals surface area contributed by atoms with Gasteiger partial charge in [-0.05, 0) is 30.3 Å². The van der Waals surface area contributed by atoms with Crippen LogP contribution in [0.25, 0.3) is 28.2 Å². The first-order valence-corrected chi connectivity index (χ1v) is 11.9. The van der Waals surface area contributed by atoms with Crippen molar-refractivity contribution in [1.82, 2.24) is 9.29 Å². The quantitative estimate of drug-likeness (QED) is 0.432. The molecule has 2 N–H and O–H groups in total. The van der Waals surface area contributed by atoms with Crippen LogP contribution in [-0.2, 0) is 14.8 Å². The summed E-state index contributed by atoms with van der Waals surface area (Å²) in [5.41, 5.74) is 0.759. The van der Waals surface area contributed by atoms with Gasteiger partial charge in [0.15, 0.2) is 17.2 Å². The van der Waals surface area contributed by atoms with E-state index in [2.05, 4.69) is 10.3 Å². The Morgan fingerprint density at radius 2 is 1.97 bits per heavy atom. The monoisotopic (exact) mass is 487 g/mol. The Bertz CT molecular complexity index is 1500. The molecule has 3 aromatic heterocycles. The van der Waals surface area contributed by atoms with Gasteiger partial charge in [-0.1, -0.05) is 35.9 Å². The number of aromatic nitrogens is 1. The molecule has 0 atom stereocenters. The number of halogens is 1. The number of hydrogen-bond donors (Lipinski definition) is 2. The summed E-state index contributed by atoms with van der Waals surface area (Å²) in [6.45, 7) is 0. The number of pyridine rings is 1. The standard InChI is InChI=1S/C21H14ClN3O5S2/c1-25-18(19(26)20-15(32(25,28)29)10-16(22)31-20)21(27)24-17-8-4-6-12(23-17)14-9-11-5-2-3-7-13(11)30-14/h2-10,26H,1H3,(H,23,24,27). The first kappa shape index (κ1) is 20.6. The van der Waals surface area contributed by atoms with E-state index in [1.165, 1.54) is 13.1 Å². The smallest absolute Gasteiger partial charge is 0.278 e. The number of carbonyl (C=O) groups is 1. The molecule has 1 aliphatic heterocycles. The van der Waals surface area contributed by atoms with E-state index in [1.54, 1.807) is 18.2 Å². The van der Waals surface area contributed by atoms with Crippen LogP contribution in [0.4, 0.5) is 5.82 Å². The van der Waals surface area contributed by atoms with E-state index in [0.717, 1.165) is 21.0 Å². The molecule has 4 aromatic rings. The molecule has 162 valence electrons. The number of carbonyl (C=O) groups excluding carboxylic acids is 1. The number of fused-ring (bicyclic) bond motifs is 2. The van der Waals surface area contributed by atoms with Crippen LogP contribution in [-0.4, -0.2) is 35.8 Å². The highest BCUT2D eigenvalue weighted by Crippen LogP contribution is 2.41. The molecule has 1 aromatic carbocycles. The van der Waals surface area contributed by atoms with Crippen molar-refractivity contribution in [2.75, 3.05) is 12.4 Å². The van der Waals surface area contributed by atoms with Crippen molar-refractivity contribution in [3.63, 3.8) is 0 Å². The zero-order valence-electron chi connectivity index (χ0n) is 16.4. The molecule has 5 rings (SSSR count). The van der Waals surface area contributed by atoms with Gasteiger partial charge in [0.1, 0.15) is 22.0 Å². The van der Waals surface area contributed by atoms with Gasteiger partial charge < -0.3 is 14.8 Å². The Morgan fingerprint density at radius 3 is 2.75 bits per heavy atom. The van der Waals surface area contributed by atoms with Gasteiger partial charge in [-0.15, -0.1) is 11.3 Å². The third-order valence-corrected chi connectivity index (χ3v) is 8.13. The molecule has 1 aliphatic rings. The lowest BCUT2D eigenvalue weighted by atomic mass is 10.2. The van der Waals surface area contributed by atoms with E-state index in [4.69, 9.17) is 16.0 Å². The fourth-order valence-electron chi connectivity index (χ4n) is 3.40. The van der Waals surface area contributed by atoms with E-state index >= 15 is 0 Å². The van der Waals surface area contributed by atoms with Crippen molar-refractivity contribution in [3.05, 3.63) is 69.5 Å². The van der Waals surface area contributed by atoms with Crippen molar-refractivity contribution in [3.8, 4) is 11.5 Å². The van der Waals surface area contributed by atoms with Crippen LogP contribution in [0.15, 0.2) is 69.6 Å². The Hall–Kier alpha value is -3.34. The molecule has 0 bridgehead atoms. The van der Waals surface area contributed by atoms with Crippen molar-refractivity contribution >= 4 is 61.4 Å². The predicted octanol–water partition coefficient (Wildman–Crippen LogP) is 4.71. The molecule has 0 unspecified atom stereocenters. The topological polar surface area (TPSA) is 113 Å². The number of para-hydroxylation sites is 1. The van der Waals surface area contributed by atoms with Crippen LogP contribution in [0.3, 0.4) is 0 Å². The van der Waals surface area contributed by atoms with E-state index in [1.807, 2.05) is 30.3 Å². The van der Waals surface area contributed by atoms with Crippen LogP contribution in [0.1, 0.15) is 4.88 Å². The predicted molar refractivity (Wildman–Crippen MR) is 122 cm³/mol. The number of likely N-dealkylation sites (N-methyl/N-ethyl adjacent to an activating group) is 1. The number of nitrogens with zero attached hydrogens (tertiary/aromatic N) is 2. The van der Waals surface area contributed by atoms with Crippen LogP contribution in [0, 0.1) is 0 Å². The Kier molecular flexibility index (Phi) is 4.73. The Balaban J connectivity index is 1.49. The van der Waals surface area contributed by atoms with Gasteiger partial charge in [0, 0.05) is 12.4 Å². The first-order chi connectivity index (χ1) is 15.3. The average molecular weight is 488 g/mol. The van der Waals surface area contributed by atoms with Gasteiger partial charge in [-0.2, -0.15) is 0 Å². The van der Waals surface area contributed by atoms with Crippen LogP contribution in [0.2, 0.25) is 4.34 Å². The number of hydrogen-bond acceptors (Lipinski definition) is 7. The highest BCUT2D eigenvalue weighted by molar-refractivity contribution is 7.89. The minimum absolute atomic E-state index is 0.0160. The van der Waals surface area contributed by atoms with E-state index in [9.17, 15) is 18.3 Å². The molecule has 1 amide bonds.